The van der Waals surface area contributed by atoms with Crippen LogP contribution in [0, 0.1) is 5.92 Å². The molecule has 0 aliphatic heterocycles. The van der Waals surface area contributed by atoms with Gasteiger partial charge in [0.1, 0.15) is 5.76 Å². The van der Waals surface area contributed by atoms with Crippen molar-refractivity contribution in [2.75, 3.05) is 6.54 Å². The monoisotopic (exact) mass is 193 g/mol. The molecule has 2 atom stereocenters. The Kier molecular flexibility index (Phi) is 2.42. The van der Waals surface area contributed by atoms with E-state index in [1.807, 2.05) is 6.07 Å². The summed E-state index contributed by atoms with van der Waals surface area (Å²) >= 11 is 0. The minimum absolute atomic E-state index is 0.00653. The average molecular weight is 193 g/mol. The number of rotatable bonds is 4. The molecule has 0 spiro atoms. The summed E-state index contributed by atoms with van der Waals surface area (Å²) in [5.41, 5.74) is 5.31. The topological polar surface area (TPSA) is 56.2 Å². The van der Waals surface area contributed by atoms with Crippen molar-refractivity contribution in [2.45, 2.75) is 25.7 Å². The molecule has 1 aromatic rings. The minimum Gasteiger partial charge on any atom is -0.458 e. The normalized spacial score (nSPS) is 25.0. The molecule has 1 aromatic heterocycles. The van der Waals surface area contributed by atoms with Gasteiger partial charge in [-0.1, -0.05) is 6.92 Å². The van der Waals surface area contributed by atoms with Crippen LogP contribution in [0.2, 0.25) is 0 Å². The van der Waals surface area contributed by atoms with Crippen LogP contribution in [0.5, 0.6) is 0 Å². The summed E-state index contributed by atoms with van der Waals surface area (Å²) in [6, 6.07) is 3.68. The molecule has 3 nitrogen and oxygen atoms in total. The predicted octanol–water partition coefficient (Wildman–Crippen LogP) is 1.93. The molecule has 1 aliphatic rings. The number of nitrogens with two attached hydrogens (primary N) is 1. The Balaban J connectivity index is 2.06. The molecule has 0 radical (unpaired) electrons. The highest BCUT2D eigenvalue weighted by Crippen LogP contribution is 2.47. The molecule has 1 fully saturated rings. The maximum atomic E-state index is 11.4. The molecule has 14 heavy (non-hydrogen) atoms. The Labute approximate surface area is 83.3 Å². The Morgan fingerprint density at radius 1 is 1.64 bits per heavy atom. The fourth-order valence-electron chi connectivity index (χ4n) is 1.67. The number of hydrogen-bond donors (Lipinski definition) is 1. The molecule has 1 saturated carbocycles. The highest BCUT2D eigenvalue weighted by Gasteiger charge is 2.36. The van der Waals surface area contributed by atoms with Crippen LogP contribution in [0.15, 0.2) is 16.5 Å². The fraction of sp³-hybridized carbons (Fsp3) is 0.545. The summed E-state index contributed by atoms with van der Waals surface area (Å²) in [7, 11) is 0. The molecule has 0 saturated heterocycles. The number of furan rings is 1. The molecule has 2 unspecified atom stereocenters. The lowest BCUT2D eigenvalue weighted by atomic mass is 10.2. The van der Waals surface area contributed by atoms with Crippen molar-refractivity contribution in [2.24, 2.45) is 11.7 Å². The SMILES string of the molecule is CC1CC1c1ccc(C(=O)CCN)o1. The zero-order valence-corrected chi connectivity index (χ0v) is 8.32. The van der Waals surface area contributed by atoms with Crippen LogP contribution in [0.4, 0.5) is 0 Å². The van der Waals surface area contributed by atoms with Gasteiger partial charge in [0.15, 0.2) is 11.5 Å². The van der Waals surface area contributed by atoms with Crippen LogP contribution in [0.3, 0.4) is 0 Å². The molecule has 0 bridgehead atoms. The fourth-order valence-corrected chi connectivity index (χ4v) is 1.67. The number of Topliss-reactive ketones (excluding diaryl/α,β-unsaturated/α-hetero) is 1. The van der Waals surface area contributed by atoms with E-state index in [1.54, 1.807) is 6.07 Å². The van der Waals surface area contributed by atoms with E-state index in [0.717, 1.165) is 5.76 Å². The standard InChI is InChI=1S/C11H15NO2/c1-7-6-8(7)10-2-3-11(14-10)9(13)4-5-12/h2-3,7-8H,4-6,12H2,1H3. The molecule has 1 heterocycles. The van der Waals surface area contributed by atoms with Crippen LogP contribution in [-0.4, -0.2) is 12.3 Å². The summed E-state index contributed by atoms with van der Waals surface area (Å²) < 4.78 is 5.49. The molecule has 76 valence electrons. The molecule has 0 aromatic carbocycles. The number of carbonyl (C=O) groups excluding carboxylic acids is 1. The van der Waals surface area contributed by atoms with Crippen LogP contribution in [-0.2, 0) is 0 Å². The number of hydrogen-bond acceptors (Lipinski definition) is 3. The highest BCUT2D eigenvalue weighted by molar-refractivity contribution is 5.93. The Morgan fingerprint density at radius 2 is 2.36 bits per heavy atom. The molecular formula is C11H15NO2. The maximum Gasteiger partial charge on any atom is 0.199 e. The van der Waals surface area contributed by atoms with Crippen molar-refractivity contribution < 1.29 is 9.21 Å². The maximum absolute atomic E-state index is 11.4. The van der Waals surface area contributed by atoms with Crippen LogP contribution < -0.4 is 5.73 Å². The van der Waals surface area contributed by atoms with Crippen molar-refractivity contribution in [3.8, 4) is 0 Å². The van der Waals surface area contributed by atoms with Gasteiger partial charge in [-0.2, -0.15) is 0 Å². The minimum atomic E-state index is 0.00653. The van der Waals surface area contributed by atoms with Gasteiger partial charge in [-0.3, -0.25) is 4.79 Å². The van der Waals surface area contributed by atoms with E-state index in [9.17, 15) is 4.79 Å². The van der Waals surface area contributed by atoms with E-state index in [-0.39, 0.29) is 5.78 Å². The van der Waals surface area contributed by atoms with Gasteiger partial charge in [0.2, 0.25) is 0 Å². The van der Waals surface area contributed by atoms with Crippen LogP contribution in [0.25, 0.3) is 0 Å². The molecule has 2 rings (SSSR count). The van der Waals surface area contributed by atoms with Gasteiger partial charge in [-0.15, -0.1) is 0 Å². The second kappa shape index (κ2) is 3.58. The van der Waals surface area contributed by atoms with Crippen molar-refractivity contribution in [1.82, 2.24) is 0 Å². The van der Waals surface area contributed by atoms with Gasteiger partial charge in [-0.05, 0) is 31.0 Å². The van der Waals surface area contributed by atoms with E-state index in [2.05, 4.69) is 6.92 Å². The summed E-state index contributed by atoms with van der Waals surface area (Å²) in [4.78, 5) is 11.4. The summed E-state index contributed by atoms with van der Waals surface area (Å²) in [6.45, 7) is 2.57. The Hall–Kier alpha value is -1.09. The van der Waals surface area contributed by atoms with Crippen molar-refractivity contribution >= 4 is 5.78 Å². The zero-order valence-electron chi connectivity index (χ0n) is 8.32. The van der Waals surface area contributed by atoms with Gasteiger partial charge >= 0.3 is 0 Å². The second-order valence-corrected chi connectivity index (χ2v) is 3.98. The van der Waals surface area contributed by atoms with Crippen molar-refractivity contribution in [3.05, 3.63) is 23.7 Å². The highest BCUT2D eigenvalue weighted by atomic mass is 16.3. The smallest absolute Gasteiger partial charge is 0.199 e. The average Bonchev–Trinajstić information content (AvgIpc) is 2.70. The number of carbonyl (C=O) groups is 1. The van der Waals surface area contributed by atoms with E-state index in [1.165, 1.54) is 6.42 Å². The quantitative estimate of drug-likeness (QED) is 0.743. The van der Waals surface area contributed by atoms with Crippen molar-refractivity contribution in [1.29, 1.82) is 0 Å². The second-order valence-electron chi connectivity index (χ2n) is 3.98. The van der Waals surface area contributed by atoms with Crippen LogP contribution in [0.1, 0.15) is 42.0 Å². The van der Waals surface area contributed by atoms with E-state index in [0.29, 0.717) is 30.6 Å². The largest absolute Gasteiger partial charge is 0.458 e. The lowest BCUT2D eigenvalue weighted by molar-refractivity contribution is 0.0957. The van der Waals surface area contributed by atoms with Gasteiger partial charge in [0, 0.05) is 12.3 Å². The van der Waals surface area contributed by atoms with E-state index >= 15 is 0 Å². The van der Waals surface area contributed by atoms with E-state index in [4.69, 9.17) is 10.2 Å². The third-order valence-corrected chi connectivity index (χ3v) is 2.75. The summed E-state index contributed by atoms with van der Waals surface area (Å²) in [6.07, 6.45) is 1.55. The van der Waals surface area contributed by atoms with Gasteiger partial charge in [0.25, 0.3) is 0 Å². The lowest BCUT2D eigenvalue weighted by Gasteiger charge is -1.94. The first-order valence-corrected chi connectivity index (χ1v) is 5.05. The molecule has 1 aliphatic carbocycles. The molecule has 3 heteroatoms. The van der Waals surface area contributed by atoms with E-state index < -0.39 is 0 Å². The molecular weight excluding hydrogens is 178 g/mol. The van der Waals surface area contributed by atoms with Gasteiger partial charge < -0.3 is 10.2 Å². The first-order chi connectivity index (χ1) is 6.72. The van der Waals surface area contributed by atoms with Gasteiger partial charge in [0.05, 0.1) is 0 Å². The first-order valence-electron chi connectivity index (χ1n) is 5.05. The molecule has 2 N–H and O–H groups in total. The van der Waals surface area contributed by atoms with Crippen molar-refractivity contribution in [3.63, 3.8) is 0 Å². The first kappa shape index (κ1) is 9.46. The third kappa shape index (κ3) is 1.73. The lowest BCUT2D eigenvalue weighted by Crippen LogP contribution is -2.07. The third-order valence-electron chi connectivity index (χ3n) is 2.75. The van der Waals surface area contributed by atoms with Crippen LogP contribution >= 0.6 is 0 Å². The Bertz CT molecular complexity index is 343. The molecule has 0 amide bonds. The Morgan fingerprint density at radius 3 is 2.93 bits per heavy atom. The zero-order chi connectivity index (χ0) is 10.1. The number of ketones is 1. The summed E-state index contributed by atoms with van der Waals surface area (Å²) in [5.74, 6) is 2.67. The predicted molar refractivity (Wildman–Crippen MR) is 53.2 cm³/mol. The van der Waals surface area contributed by atoms with Gasteiger partial charge in [-0.25, -0.2) is 0 Å². The summed E-state index contributed by atoms with van der Waals surface area (Å²) in [5, 5.41) is 0.